The Bertz CT molecular complexity index is 199. The molecule has 0 aliphatic carbocycles. The summed E-state index contributed by atoms with van der Waals surface area (Å²) in [4.78, 5) is 11.0. The van der Waals surface area contributed by atoms with Gasteiger partial charge in [-0.2, -0.15) is 0 Å². The van der Waals surface area contributed by atoms with Gasteiger partial charge in [-0.25, -0.2) is 0 Å². The average molecular weight is 249 g/mol. The minimum Gasteiger partial charge on any atom is -0.605 e. The van der Waals surface area contributed by atoms with Crippen molar-refractivity contribution in [3.63, 3.8) is 0 Å². The maximum Gasteiger partial charge on any atom is 0.306 e. The Balaban J connectivity index is 1.95. The summed E-state index contributed by atoms with van der Waals surface area (Å²) in [6.45, 7) is 3.11. The maximum absolute atomic E-state index is 11.1. The number of rotatable bonds is 6. The zero-order valence-electron chi connectivity index (χ0n) is 8.94. The molecule has 1 unspecified atom stereocenters. The molecule has 0 aromatic rings. The monoisotopic (exact) mass is 249 g/mol. The van der Waals surface area contributed by atoms with Crippen LogP contribution in [0.25, 0.3) is 0 Å². The van der Waals surface area contributed by atoms with Crippen molar-refractivity contribution in [1.29, 1.82) is 0 Å². The largest absolute Gasteiger partial charge is 0.605 e. The summed E-state index contributed by atoms with van der Waals surface area (Å²) in [7, 11) is 0.934. The molecule has 1 aliphatic heterocycles. The molecule has 1 heterocycles. The van der Waals surface area contributed by atoms with Gasteiger partial charge in [0.05, 0.1) is 16.0 Å². The molecule has 5 heteroatoms. The van der Waals surface area contributed by atoms with E-state index in [1.165, 1.54) is 6.61 Å². The molecular formula is C10H17O3S2. The van der Waals surface area contributed by atoms with Crippen LogP contribution < -0.4 is 0 Å². The Morgan fingerprint density at radius 2 is 2.47 bits per heavy atom. The van der Waals surface area contributed by atoms with E-state index >= 15 is 0 Å². The number of esters is 1. The number of hydrogen-bond donors (Lipinski definition) is 0. The Morgan fingerprint density at radius 1 is 1.67 bits per heavy atom. The molecule has 2 atom stereocenters. The second kappa shape index (κ2) is 7.41. The molecule has 0 bridgehead atoms. The third-order valence-electron chi connectivity index (χ3n) is 2.26. The normalized spacial score (nSPS) is 25.5. The van der Waals surface area contributed by atoms with Crippen LogP contribution in [-0.2, 0) is 19.7 Å². The molecule has 87 valence electrons. The van der Waals surface area contributed by atoms with E-state index in [-0.39, 0.29) is 5.97 Å². The quantitative estimate of drug-likeness (QED) is 0.314. The zero-order chi connectivity index (χ0) is 11.1. The summed E-state index contributed by atoms with van der Waals surface area (Å²) in [6, 6.07) is 0. The van der Waals surface area contributed by atoms with Crippen molar-refractivity contribution in [2.75, 3.05) is 5.75 Å². The van der Waals surface area contributed by atoms with E-state index in [9.17, 15) is 9.35 Å². The van der Waals surface area contributed by atoms with Crippen LogP contribution in [0.5, 0.6) is 0 Å². The van der Waals surface area contributed by atoms with E-state index in [0.29, 0.717) is 11.7 Å². The molecule has 0 spiro atoms. The molecule has 3 nitrogen and oxygen atoms in total. The van der Waals surface area contributed by atoms with Gasteiger partial charge in [-0.15, -0.1) is 0 Å². The minimum absolute atomic E-state index is 0.153. The van der Waals surface area contributed by atoms with Gasteiger partial charge in [-0.3, -0.25) is 4.79 Å². The van der Waals surface area contributed by atoms with Gasteiger partial charge in [0.1, 0.15) is 12.4 Å². The fraction of sp³-hybridized carbons (Fsp3) is 0.800. The third-order valence-corrected chi connectivity index (χ3v) is 5.74. The van der Waals surface area contributed by atoms with Crippen molar-refractivity contribution in [2.24, 2.45) is 0 Å². The lowest BCUT2D eigenvalue weighted by atomic mass is 10.1. The Hall–Kier alpha value is 0.130. The van der Waals surface area contributed by atoms with Crippen LogP contribution in [0.2, 0.25) is 0 Å². The van der Waals surface area contributed by atoms with Crippen LogP contribution in [-0.4, -0.2) is 21.5 Å². The summed E-state index contributed by atoms with van der Waals surface area (Å²) in [5.41, 5.74) is 0. The summed E-state index contributed by atoms with van der Waals surface area (Å²) >= 11 is 0. The first-order chi connectivity index (χ1) is 7.22. The van der Waals surface area contributed by atoms with E-state index in [2.05, 4.69) is 0 Å². The molecule has 1 fully saturated rings. The number of carbonyl (C=O) groups is 1. The van der Waals surface area contributed by atoms with Crippen LogP contribution in [0, 0.1) is 6.61 Å². The lowest BCUT2D eigenvalue weighted by Gasteiger charge is -2.04. The first-order valence-corrected chi connectivity index (χ1v) is 7.96. The smallest absolute Gasteiger partial charge is 0.306 e. The highest BCUT2D eigenvalue weighted by Gasteiger charge is 2.27. The van der Waals surface area contributed by atoms with Gasteiger partial charge >= 0.3 is 5.97 Å². The van der Waals surface area contributed by atoms with E-state index in [1.807, 2.05) is 0 Å². The van der Waals surface area contributed by atoms with Crippen LogP contribution in [0.1, 0.15) is 39.0 Å². The molecule has 1 rings (SSSR count). The standard InChI is InChI=1S/C10H17O3S2/c1-2-13-10(11)6-4-3-5-9-7-8-15(12)14-9/h2,9H,3-8H2,1H3/t9-,15?/m0/s1. The van der Waals surface area contributed by atoms with Gasteiger partial charge in [-0.1, -0.05) is 6.42 Å². The summed E-state index contributed by atoms with van der Waals surface area (Å²) in [5.74, 6) is 0.683. The van der Waals surface area contributed by atoms with Crippen molar-refractivity contribution in [2.45, 2.75) is 44.3 Å². The van der Waals surface area contributed by atoms with Crippen LogP contribution >= 0.6 is 10.8 Å². The molecule has 0 amide bonds. The van der Waals surface area contributed by atoms with Crippen LogP contribution in [0.3, 0.4) is 0 Å². The van der Waals surface area contributed by atoms with Crippen molar-refractivity contribution in [1.82, 2.24) is 0 Å². The maximum atomic E-state index is 11.1. The van der Waals surface area contributed by atoms with Crippen molar-refractivity contribution in [3.05, 3.63) is 6.61 Å². The lowest BCUT2D eigenvalue weighted by Crippen LogP contribution is -2.02. The molecule has 0 aromatic carbocycles. The van der Waals surface area contributed by atoms with Gasteiger partial charge in [-0.05, 0) is 19.8 Å². The molecule has 0 saturated carbocycles. The average Bonchev–Trinajstić information content (AvgIpc) is 2.60. The first kappa shape index (κ1) is 13.2. The first-order valence-electron chi connectivity index (χ1n) is 5.25. The van der Waals surface area contributed by atoms with E-state index in [1.54, 1.807) is 17.7 Å². The zero-order valence-corrected chi connectivity index (χ0v) is 10.6. The van der Waals surface area contributed by atoms with E-state index < -0.39 is 10.2 Å². The minimum atomic E-state index is -0.650. The summed E-state index contributed by atoms with van der Waals surface area (Å²) in [5, 5.41) is 0.541. The Labute approximate surface area is 97.9 Å². The molecule has 1 aliphatic rings. The van der Waals surface area contributed by atoms with Crippen molar-refractivity contribution in [3.8, 4) is 0 Å². The van der Waals surface area contributed by atoms with Crippen molar-refractivity contribution >= 4 is 27.0 Å². The number of hydrogen-bond acceptors (Lipinski definition) is 4. The Kier molecular flexibility index (Phi) is 6.52. The number of unbranched alkanes of at least 4 members (excludes halogenated alkanes) is 1. The molecule has 0 aromatic heterocycles. The van der Waals surface area contributed by atoms with Crippen molar-refractivity contribution < 1.29 is 14.1 Å². The van der Waals surface area contributed by atoms with Gasteiger partial charge in [0, 0.05) is 23.0 Å². The molecule has 1 radical (unpaired) electrons. The van der Waals surface area contributed by atoms with Crippen LogP contribution in [0.15, 0.2) is 0 Å². The van der Waals surface area contributed by atoms with E-state index in [4.69, 9.17) is 4.74 Å². The highest BCUT2D eigenvalue weighted by atomic mass is 33.1. The Morgan fingerprint density at radius 3 is 3.07 bits per heavy atom. The molecule has 0 N–H and O–H groups in total. The second-order valence-corrected chi connectivity index (χ2v) is 7.05. The number of ether oxygens (including phenoxy) is 1. The molecule has 1 saturated heterocycles. The van der Waals surface area contributed by atoms with Crippen LogP contribution in [0.4, 0.5) is 0 Å². The fourth-order valence-corrected chi connectivity index (χ4v) is 5.07. The van der Waals surface area contributed by atoms with Gasteiger partial charge in [0.15, 0.2) is 0 Å². The van der Waals surface area contributed by atoms with Gasteiger partial charge in [0.2, 0.25) is 0 Å². The predicted octanol–water partition coefficient (Wildman–Crippen LogP) is 2.44. The lowest BCUT2D eigenvalue weighted by molar-refractivity contribution is -0.140. The second-order valence-electron chi connectivity index (χ2n) is 3.49. The highest BCUT2D eigenvalue weighted by Crippen LogP contribution is 2.34. The third kappa shape index (κ3) is 5.68. The molecule has 15 heavy (non-hydrogen) atoms. The summed E-state index contributed by atoms with van der Waals surface area (Å²) in [6.07, 6.45) is 4.51. The van der Waals surface area contributed by atoms with E-state index in [0.717, 1.165) is 31.4 Å². The predicted molar refractivity (Wildman–Crippen MR) is 63.5 cm³/mol. The fourth-order valence-electron chi connectivity index (χ4n) is 1.50. The highest BCUT2D eigenvalue weighted by molar-refractivity contribution is 8.72. The van der Waals surface area contributed by atoms with Gasteiger partial charge in [0.25, 0.3) is 0 Å². The SMILES string of the molecule is C[CH]OC(=O)CCCC[C@H]1CC[S+]([O-])S1. The molecular weight excluding hydrogens is 232 g/mol. The summed E-state index contributed by atoms with van der Waals surface area (Å²) < 4.78 is 15.8. The topological polar surface area (TPSA) is 49.4 Å². The number of carbonyl (C=O) groups excluding carboxylic acids is 1. The van der Waals surface area contributed by atoms with Gasteiger partial charge < -0.3 is 9.29 Å².